The average Bonchev–Trinajstić information content (AvgIpc) is 3.12. The summed E-state index contributed by atoms with van der Waals surface area (Å²) in [6, 6.07) is 12.9. The van der Waals surface area contributed by atoms with E-state index in [2.05, 4.69) is 10.3 Å². The number of hydrogen-bond acceptors (Lipinski definition) is 5. The predicted octanol–water partition coefficient (Wildman–Crippen LogP) is 2.79. The number of imidazole rings is 1. The molecule has 0 spiro atoms. The first-order valence-corrected chi connectivity index (χ1v) is 8.62. The Balaban J connectivity index is 1.84. The molecule has 1 N–H and O–H groups in total. The maximum Gasteiger partial charge on any atom is 0.269 e. The lowest BCUT2D eigenvalue weighted by atomic mass is 10.0. The highest BCUT2D eigenvalue weighted by molar-refractivity contribution is 5.79. The van der Waals surface area contributed by atoms with Crippen LogP contribution in [0.3, 0.4) is 0 Å². The van der Waals surface area contributed by atoms with Crippen molar-refractivity contribution in [3.63, 3.8) is 0 Å². The van der Waals surface area contributed by atoms with Crippen LogP contribution in [-0.4, -0.2) is 27.5 Å². The number of nitrogens with zero attached hydrogens (tertiary/aromatic N) is 3. The van der Waals surface area contributed by atoms with Crippen LogP contribution in [-0.2, 0) is 18.3 Å². The predicted molar refractivity (Wildman–Crippen MR) is 103 cm³/mol. The molecule has 0 aliphatic rings. The summed E-state index contributed by atoms with van der Waals surface area (Å²) in [7, 11) is 3.43. The standard InChI is InChI=1S/C20H20N4O4/c1-23-12-11-21-20(23)19(16-5-3-4-6-17(16)28-2)22-18(25)13-14-7-9-15(10-8-14)24(26)27/h3-12,19H,13H2,1-2H3,(H,22,25). The van der Waals surface area contributed by atoms with E-state index in [-0.39, 0.29) is 18.0 Å². The molecule has 0 bridgehead atoms. The summed E-state index contributed by atoms with van der Waals surface area (Å²) in [6.45, 7) is 0. The van der Waals surface area contributed by atoms with E-state index < -0.39 is 11.0 Å². The third-order valence-corrected chi connectivity index (χ3v) is 4.38. The van der Waals surface area contributed by atoms with E-state index in [0.29, 0.717) is 17.1 Å². The van der Waals surface area contributed by atoms with Gasteiger partial charge in [-0.2, -0.15) is 0 Å². The minimum Gasteiger partial charge on any atom is -0.496 e. The number of carbonyl (C=O) groups excluding carboxylic acids is 1. The van der Waals surface area contributed by atoms with Crippen molar-refractivity contribution in [2.75, 3.05) is 7.11 Å². The smallest absolute Gasteiger partial charge is 0.269 e. The highest BCUT2D eigenvalue weighted by Crippen LogP contribution is 2.29. The Morgan fingerprint density at radius 3 is 2.57 bits per heavy atom. The Morgan fingerprint density at radius 2 is 1.96 bits per heavy atom. The third-order valence-electron chi connectivity index (χ3n) is 4.38. The van der Waals surface area contributed by atoms with Crippen LogP contribution in [0.1, 0.15) is 23.0 Å². The van der Waals surface area contributed by atoms with Crippen molar-refractivity contribution in [1.82, 2.24) is 14.9 Å². The van der Waals surface area contributed by atoms with Crippen molar-refractivity contribution in [1.29, 1.82) is 0 Å². The van der Waals surface area contributed by atoms with Gasteiger partial charge >= 0.3 is 0 Å². The summed E-state index contributed by atoms with van der Waals surface area (Å²) in [5, 5.41) is 13.8. The molecule has 0 radical (unpaired) electrons. The number of nitrogens with one attached hydrogen (secondary N) is 1. The van der Waals surface area contributed by atoms with Gasteiger partial charge in [-0.3, -0.25) is 14.9 Å². The Labute approximate surface area is 161 Å². The number of carbonyl (C=O) groups is 1. The first kappa shape index (κ1) is 19.1. The first-order valence-electron chi connectivity index (χ1n) is 8.62. The lowest BCUT2D eigenvalue weighted by Crippen LogP contribution is -2.32. The van der Waals surface area contributed by atoms with Gasteiger partial charge < -0.3 is 14.6 Å². The number of aromatic nitrogens is 2. The number of non-ortho nitro benzene ring substituents is 1. The average molecular weight is 380 g/mol. The second-order valence-electron chi connectivity index (χ2n) is 6.24. The lowest BCUT2D eigenvalue weighted by molar-refractivity contribution is -0.384. The monoisotopic (exact) mass is 380 g/mol. The highest BCUT2D eigenvalue weighted by atomic mass is 16.6. The normalized spacial score (nSPS) is 11.6. The number of ether oxygens (including phenoxy) is 1. The number of nitro benzene ring substituents is 1. The van der Waals surface area contributed by atoms with Gasteiger partial charge in [-0.15, -0.1) is 0 Å². The zero-order valence-corrected chi connectivity index (χ0v) is 15.5. The number of hydrogen-bond donors (Lipinski definition) is 1. The van der Waals surface area contributed by atoms with E-state index in [0.717, 1.165) is 5.56 Å². The molecule has 0 fully saturated rings. The first-order chi connectivity index (χ1) is 13.5. The highest BCUT2D eigenvalue weighted by Gasteiger charge is 2.23. The summed E-state index contributed by atoms with van der Waals surface area (Å²) in [4.78, 5) is 27.4. The molecule has 1 unspecified atom stereocenters. The van der Waals surface area contributed by atoms with Crippen LogP contribution in [0, 0.1) is 10.1 Å². The maximum atomic E-state index is 12.7. The van der Waals surface area contributed by atoms with Gasteiger partial charge in [0.2, 0.25) is 5.91 Å². The van der Waals surface area contributed by atoms with E-state index in [9.17, 15) is 14.9 Å². The number of para-hydroxylation sites is 1. The minimum absolute atomic E-state index is 0.0101. The molecule has 2 aromatic carbocycles. The molecular weight excluding hydrogens is 360 g/mol. The molecule has 1 atom stereocenters. The van der Waals surface area contributed by atoms with Gasteiger partial charge in [0.25, 0.3) is 5.69 Å². The van der Waals surface area contributed by atoms with Crippen LogP contribution in [0.5, 0.6) is 5.75 Å². The van der Waals surface area contributed by atoms with Crippen molar-refractivity contribution in [2.24, 2.45) is 7.05 Å². The SMILES string of the molecule is COc1ccccc1C(NC(=O)Cc1ccc([N+](=O)[O-])cc1)c1nccn1C. The molecule has 144 valence electrons. The van der Waals surface area contributed by atoms with Crippen LogP contribution >= 0.6 is 0 Å². The van der Waals surface area contributed by atoms with Gasteiger partial charge in [0.05, 0.1) is 18.5 Å². The molecule has 0 saturated heterocycles. The van der Waals surface area contributed by atoms with Gasteiger partial charge in [0, 0.05) is 37.1 Å². The molecule has 0 saturated carbocycles. The van der Waals surface area contributed by atoms with E-state index in [1.807, 2.05) is 35.9 Å². The molecule has 1 amide bonds. The van der Waals surface area contributed by atoms with Crippen LogP contribution in [0.25, 0.3) is 0 Å². The molecular formula is C20H20N4O4. The summed E-state index contributed by atoms with van der Waals surface area (Å²) in [5.74, 6) is 1.08. The number of aryl methyl sites for hydroxylation is 1. The van der Waals surface area contributed by atoms with Crippen LogP contribution < -0.4 is 10.1 Å². The van der Waals surface area contributed by atoms with Gasteiger partial charge in [0.1, 0.15) is 17.6 Å². The van der Waals surface area contributed by atoms with Gasteiger partial charge in [0.15, 0.2) is 0 Å². The van der Waals surface area contributed by atoms with E-state index >= 15 is 0 Å². The lowest BCUT2D eigenvalue weighted by Gasteiger charge is -2.21. The topological polar surface area (TPSA) is 99.3 Å². The third kappa shape index (κ3) is 4.17. The molecule has 1 heterocycles. The molecule has 28 heavy (non-hydrogen) atoms. The molecule has 0 aliphatic heterocycles. The van der Waals surface area contributed by atoms with Crippen molar-refractivity contribution >= 4 is 11.6 Å². The fourth-order valence-corrected chi connectivity index (χ4v) is 2.97. The maximum absolute atomic E-state index is 12.7. The molecule has 1 aromatic heterocycles. The fraction of sp³-hybridized carbons (Fsp3) is 0.200. The molecule has 8 nitrogen and oxygen atoms in total. The largest absolute Gasteiger partial charge is 0.496 e. The number of methoxy groups -OCH3 is 1. The van der Waals surface area contributed by atoms with Crippen molar-refractivity contribution in [3.8, 4) is 5.75 Å². The van der Waals surface area contributed by atoms with E-state index in [1.54, 1.807) is 31.6 Å². The number of amides is 1. The fourth-order valence-electron chi connectivity index (χ4n) is 2.97. The van der Waals surface area contributed by atoms with E-state index in [1.165, 1.54) is 12.1 Å². The quantitative estimate of drug-likeness (QED) is 0.502. The zero-order chi connectivity index (χ0) is 20.1. The van der Waals surface area contributed by atoms with Gasteiger partial charge in [-0.1, -0.05) is 30.3 Å². The molecule has 3 rings (SSSR count). The minimum atomic E-state index is -0.498. The number of benzene rings is 2. The molecule has 8 heteroatoms. The van der Waals surface area contributed by atoms with Crippen LogP contribution in [0.15, 0.2) is 60.9 Å². The van der Waals surface area contributed by atoms with Crippen LogP contribution in [0.4, 0.5) is 5.69 Å². The van der Waals surface area contributed by atoms with E-state index in [4.69, 9.17) is 4.74 Å². The van der Waals surface area contributed by atoms with Gasteiger partial charge in [-0.05, 0) is 11.6 Å². The molecule has 3 aromatic rings. The number of rotatable bonds is 7. The van der Waals surface area contributed by atoms with Crippen molar-refractivity contribution in [2.45, 2.75) is 12.5 Å². The Morgan fingerprint density at radius 1 is 1.25 bits per heavy atom. The number of nitro groups is 1. The molecule has 0 aliphatic carbocycles. The Bertz CT molecular complexity index is 982. The summed E-state index contributed by atoms with van der Waals surface area (Å²) in [6.07, 6.45) is 3.56. The van der Waals surface area contributed by atoms with Crippen molar-refractivity contribution in [3.05, 3.63) is 88.0 Å². The summed E-state index contributed by atoms with van der Waals surface area (Å²) >= 11 is 0. The summed E-state index contributed by atoms with van der Waals surface area (Å²) in [5.41, 5.74) is 1.46. The van der Waals surface area contributed by atoms with Gasteiger partial charge in [-0.25, -0.2) is 4.98 Å². The summed E-state index contributed by atoms with van der Waals surface area (Å²) < 4.78 is 7.28. The Kier molecular flexibility index (Phi) is 5.69. The van der Waals surface area contributed by atoms with Crippen LogP contribution in [0.2, 0.25) is 0 Å². The zero-order valence-electron chi connectivity index (χ0n) is 15.5. The second-order valence-corrected chi connectivity index (χ2v) is 6.24. The Hall–Kier alpha value is -3.68. The second kappa shape index (κ2) is 8.34. The van der Waals surface area contributed by atoms with Crippen molar-refractivity contribution < 1.29 is 14.5 Å².